The maximum Gasteiger partial charge on any atom is 0.586 e. The number of ketones is 2. The molecule has 0 saturated heterocycles. The van der Waals surface area contributed by atoms with Gasteiger partial charge in [-0.3, -0.25) is 9.59 Å². The van der Waals surface area contributed by atoms with Gasteiger partial charge in [-0.05, 0) is 120 Å². The summed E-state index contributed by atoms with van der Waals surface area (Å²) in [6.07, 6.45) is -12.2. The third kappa shape index (κ3) is 12.9. The first-order chi connectivity index (χ1) is 43.9. The van der Waals surface area contributed by atoms with Gasteiger partial charge < -0.3 is 58.0 Å². The molecule has 2 aliphatic carbocycles. The maximum atomic E-state index is 16.1. The molecule has 14 nitrogen and oxygen atoms in total. The summed E-state index contributed by atoms with van der Waals surface area (Å²) in [5.41, 5.74) is 0.323. The molecule has 6 aromatic carbocycles. The molecule has 2 fully saturated rings. The zero-order chi connectivity index (χ0) is 68.0. The van der Waals surface area contributed by atoms with Crippen LogP contribution in [0.1, 0.15) is 106 Å². The van der Waals surface area contributed by atoms with Crippen molar-refractivity contribution in [2.45, 2.75) is 139 Å². The number of aromatic nitrogens is 2. The normalized spacial score (nSPS) is 19.2. The number of alkyl halides is 4. The molecule has 8 aromatic rings. The standard InChI is InChI=1S/C41H40F3NO6.C27H28F3NO6/c1-39(2,26-49-24-28-11-7-4-8-12-28)37-18-30-17-29(19-38(47)40(15-16-40)31-13-14-35-36(20-31)51-41(43,44)50-35)33(42)21-34(30)45(37)22-32(46)25-48-23-27-9-5-3-6-10-27;1-25(2,14-33)23-8-16-7-15(19(28)11-20(16)31(23)12-18(34)13-32)9-24(35)26(5-6-26)17-3-4-21-22(10-17)37-27(29,30)36-21/h3-14,17-18,20-21,32,46H,15-16,19,22-26H2,1-2H3;3-4,7-8,10-11,18,32-34H,5-6,9,12-14H2,1-2H3/t;18-/m.0/s1/i25D2,32D;13D2,18D. The average Bonchev–Trinajstić information content (AvgIpc) is 1.59. The lowest BCUT2D eigenvalue weighted by molar-refractivity contribution is -0.287. The summed E-state index contributed by atoms with van der Waals surface area (Å²) in [7, 11) is 0. The fourth-order valence-electron chi connectivity index (χ4n) is 11.6. The first-order valence-electron chi connectivity index (χ1n) is 31.5. The molecule has 464 valence electrons. The molecule has 2 saturated carbocycles. The van der Waals surface area contributed by atoms with E-state index in [2.05, 4.69) is 18.9 Å². The fourth-order valence-corrected chi connectivity index (χ4v) is 11.6. The number of benzene rings is 6. The lowest BCUT2D eigenvalue weighted by Gasteiger charge is -2.28. The Balaban J connectivity index is 0.000000201. The van der Waals surface area contributed by atoms with Crippen LogP contribution in [0, 0.1) is 11.6 Å². The first-order valence-corrected chi connectivity index (χ1v) is 28.5. The first kappa shape index (κ1) is 54.4. The Kier molecular flexibility index (Phi) is 14.8. The fraction of sp³-hybridized carbons (Fsp3) is 0.382. The smallest absolute Gasteiger partial charge is 0.395 e. The Morgan fingerprint density at radius 3 is 1.43 bits per heavy atom. The van der Waals surface area contributed by atoms with E-state index in [1.807, 2.05) is 44.2 Å². The van der Waals surface area contributed by atoms with Crippen molar-refractivity contribution in [1.29, 1.82) is 0 Å². The van der Waals surface area contributed by atoms with Gasteiger partial charge in [0.1, 0.15) is 23.2 Å². The number of Topliss-reactive ketones (excluding diaryl/α,β-unsaturated/α-hetero) is 2. The van der Waals surface area contributed by atoms with Crippen LogP contribution in [-0.4, -0.2) is 92.2 Å². The summed E-state index contributed by atoms with van der Waals surface area (Å²) in [6.45, 7) is -0.514. The van der Waals surface area contributed by atoms with Crippen LogP contribution in [0.25, 0.3) is 21.8 Å². The summed E-state index contributed by atoms with van der Waals surface area (Å²) in [5.74, 6) is -2.71. The van der Waals surface area contributed by atoms with Crippen molar-refractivity contribution in [3.8, 4) is 23.0 Å². The third-order valence-electron chi connectivity index (χ3n) is 16.7. The van der Waals surface area contributed by atoms with Gasteiger partial charge in [0, 0.05) is 45.8 Å². The van der Waals surface area contributed by atoms with E-state index in [0.717, 1.165) is 11.6 Å². The second-order valence-electron chi connectivity index (χ2n) is 24.0. The minimum atomic E-state index is -3.80. The van der Waals surface area contributed by atoms with Gasteiger partial charge in [0.2, 0.25) is 0 Å². The largest absolute Gasteiger partial charge is 0.586 e. The Morgan fingerprint density at radius 2 is 1.00 bits per heavy atom. The van der Waals surface area contributed by atoms with Crippen molar-refractivity contribution < 1.29 is 93.0 Å². The predicted molar refractivity (Wildman–Crippen MR) is 313 cm³/mol. The number of ether oxygens (including phenoxy) is 6. The third-order valence-corrected chi connectivity index (χ3v) is 16.7. The average molecular weight is 1230 g/mol. The number of fused-ring (bicyclic) bond motifs is 4. The maximum absolute atomic E-state index is 16.1. The van der Waals surface area contributed by atoms with Crippen LogP contribution in [0.5, 0.6) is 23.0 Å². The topological polar surface area (TPSA) is 180 Å². The van der Waals surface area contributed by atoms with Gasteiger partial charge in [-0.15, -0.1) is 17.6 Å². The highest BCUT2D eigenvalue weighted by molar-refractivity contribution is 5.97. The van der Waals surface area contributed by atoms with Gasteiger partial charge in [0.15, 0.2) is 23.0 Å². The number of carbonyl (C=O) groups is 2. The molecule has 0 radical (unpaired) electrons. The van der Waals surface area contributed by atoms with Crippen molar-refractivity contribution in [2.75, 3.05) is 26.3 Å². The van der Waals surface area contributed by atoms with Crippen molar-refractivity contribution in [3.63, 3.8) is 0 Å². The molecule has 0 spiro atoms. The van der Waals surface area contributed by atoms with E-state index >= 15 is 8.78 Å². The van der Waals surface area contributed by atoms with Crippen LogP contribution in [0.4, 0.5) is 26.3 Å². The molecular formula is C68H68F6N2O12. The van der Waals surface area contributed by atoms with E-state index < -0.39 is 84.3 Å². The van der Waals surface area contributed by atoms with Crippen molar-refractivity contribution in [3.05, 3.63) is 190 Å². The minimum Gasteiger partial charge on any atom is -0.395 e. The molecule has 20 heteroatoms. The minimum absolute atomic E-state index is 0.0557. The van der Waals surface area contributed by atoms with E-state index in [1.54, 1.807) is 68.4 Å². The molecule has 4 aliphatic rings. The van der Waals surface area contributed by atoms with E-state index in [4.69, 9.17) is 17.7 Å². The van der Waals surface area contributed by atoms with Gasteiger partial charge in [-0.2, -0.15) is 0 Å². The van der Waals surface area contributed by atoms with Crippen LogP contribution in [0.3, 0.4) is 0 Å². The second-order valence-corrected chi connectivity index (χ2v) is 24.0. The number of carbonyl (C=O) groups excluding carboxylic acids is 2. The number of hydrogen-bond donors (Lipinski definition) is 4. The lowest BCUT2D eigenvalue weighted by Crippen LogP contribution is -2.30. The summed E-state index contributed by atoms with van der Waals surface area (Å²) in [6, 6.07) is 35.5. The van der Waals surface area contributed by atoms with Gasteiger partial charge in [-0.1, -0.05) is 100 Å². The number of aliphatic hydroxyl groups excluding tert-OH is 1. The van der Waals surface area contributed by atoms with Crippen LogP contribution < -0.4 is 18.9 Å². The zero-order valence-electron chi connectivity index (χ0n) is 54.4. The van der Waals surface area contributed by atoms with Gasteiger partial charge in [0.25, 0.3) is 0 Å². The highest BCUT2D eigenvalue weighted by Gasteiger charge is 2.54. The Morgan fingerprint density at radius 1 is 0.580 bits per heavy atom. The van der Waals surface area contributed by atoms with E-state index in [9.17, 15) is 47.6 Å². The van der Waals surface area contributed by atoms with Crippen LogP contribution in [0.2, 0.25) is 0 Å². The summed E-state index contributed by atoms with van der Waals surface area (Å²) in [5, 5.41) is 42.3. The molecule has 2 atom stereocenters. The van der Waals surface area contributed by atoms with Gasteiger partial charge in [-0.25, -0.2) is 8.78 Å². The van der Waals surface area contributed by atoms with E-state index in [-0.39, 0.29) is 89.4 Å². The molecule has 2 aliphatic heterocycles. The van der Waals surface area contributed by atoms with Crippen LogP contribution in [0.15, 0.2) is 133 Å². The molecule has 12 rings (SSSR count). The summed E-state index contributed by atoms with van der Waals surface area (Å²) in [4.78, 5) is 27.3. The molecule has 4 heterocycles. The van der Waals surface area contributed by atoms with Crippen molar-refractivity contribution in [1.82, 2.24) is 9.13 Å². The highest BCUT2D eigenvalue weighted by atomic mass is 19.3. The number of halogens is 6. The second kappa shape index (κ2) is 24.0. The molecule has 1 unspecified atom stereocenters. The van der Waals surface area contributed by atoms with Gasteiger partial charge in [0.05, 0.1) is 94.9 Å². The molecule has 4 N–H and O–H groups in total. The van der Waals surface area contributed by atoms with Crippen LogP contribution in [-0.2, 0) is 79.9 Å². The van der Waals surface area contributed by atoms with Crippen LogP contribution >= 0.6 is 0 Å². The number of aliphatic hydroxyl groups is 4. The van der Waals surface area contributed by atoms with E-state index in [0.29, 0.717) is 71.1 Å². The number of nitrogens with zero attached hydrogens (tertiary/aromatic N) is 2. The predicted octanol–water partition coefficient (Wildman–Crippen LogP) is 11.6. The Labute approximate surface area is 512 Å². The molecular weight excluding hydrogens is 1150 g/mol. The molecule has 88 heavy (non-hydrogen) atoms. The SMILES string of the molecule is [2H]C(O)(Cn1c(C(C)(C)COCc2ccccc2)cc2cc(CC(=O)C3(c4ccc5c(c4)OC(F)(F)O5)CC3)c(F)cc21)C([2H])([2H])OCc1ccccc1.[2H]C([2H])(O)[C@@]([2H])(O)Cn1c(C(C)(C)CO)cc2cc(CC(=O)C3(c4ccc5c(c4)OC(F)(F)O5)CC3)c(F)cc21. The zero-order valence-corrected chi connectivity index (χ0v) is 48.4. The lowest BCUT2D eigenvalue weighted by atomic mass is 9.87. The summed E-state index contributed by atoms with van der Waals surface area (Å²) < 4.78 is 167. The summed E-state index contributed by atoms with van der Waals surface area (Å²) >= 11 is 0. The molecule has 2 aromatic heterocycles. The Bertz CT molecular complexity index is 4210. The van der Waals surface area contributed by atoms with E-state index in [1.165, 1.54) is 51.6 Å². The highest BCUT2D eigenvalue weighted by Crippen LogP contribution is 2.54. The molecule has 0 amide bonds. The number of hydrogen-bond acceptors (Lipinski definition) is 12. The quantitative estimate of drug-likeness (QED) is 0.0421. The van der Waals surface area contributed by atoms with Crippen molar-refractivity contribution in [2.24, 2.45) is 0 Å². The molecule has 0 bridgehead atoms. The van der Waals surface area contributed by atoms with Gasteiger partial charge >= 0.3 is 12.6 Å². The number of rotatable bonds is 24. The Hall–Kier alpha value is -7.72. The van der Waals surface area contributed by atoms with Crippen molar-refractivity contribution >= 4 is 33.4 Å². The monoisotopic (exact) mass is 1220 g/mol.